The summed E-state index contributed by atoms with van der Waals surface area (Å²) in [4.78, 5) is 7.92. The summed E-state index contributed by atoms with van der Waals surface area (Å²) >= 11 is 0. The van der Waals surface area contributed by atoms with Crippen molar-refractivity contribution in [1.82, 2.24) is 14.5 Å². The number of aromatic nitrogens is 3. The molecule has 0 fully saturated rings. The maximum absolute atomic E-state index is 13.7. The van der Waals surface area contributed by atoms with E-state index in [4.69, 9.17) is 0 Å². The zero-order chi connectivity index (χ0) is 22.8. The molecule has 0 aliphatic heterocycles. The molecule has 31 heavy (non-hydrogen) atoms. The van der Waals surface area contributed by atoms with Gasteiger partial charge >= 0.3 is 12.7 Å². The van der Waals surface area contributed by atoms with Crippen LogP contribution < -0.4 is 0 Å². The first-order valence-corrected chi connectivity index (χ1v) is 9.95. The monoisotopic (exact) mass is 435 g/mol. The van der Waals surface area contributed by atoms with E-state index in [2.05, 4.69) is 23.8 Å². The number of pyridine rings is 2. The third-order valence-electron chi connectivity index (χ3n) is 4.74. The molecule has 0 bridgehead atoms. The van der Waals surface area contributed by atoms with Gasteiger partial charge in [-0.25, -0.2) is 0 Å². The van der Waals surface area contributed by atoms with E-state index < -0.39 is 18.3 Å². The van der Waals surface area contributed by atoms with Crippen LogP contribution in [-0.2, 0) is 12.6 Å². The first-order chi connectivity index (χ1) is 14.7. The van der Waals surface area contributed by atoms with Crippen molar-refractivity contribution in [3.05, 3.63) is 60.2 Å². The second kappa shape index (κ2) is 8.99. The lowest BCUT2D eigenvalue weighted by molar-refractivity contribution is -0.138. The van der Waals surface area contributed by atoms with Gasteiger partial charge in [0.1, 0.15) is 0 Å². The first kappa shape index (κ1) is 22.7. The third kappa shape index (κ3) is 4.38. The molecule has 0 saturated carbocycles. The Balaban J connectivity index is 0.000000858. The molecule has 0 aliphatic carbocycles. The Hall–Kier alpha value is -3.03. The van der Waals surface area contributed by atoms with Crippen LogP contribution in [0.3, 0.4) is 0 Å². The molecule has 3 heterocycles. The number of benzene rings is 1. The molecule has 0 aliphatic rings. The van der Waals surface area contributed by atoms with E-state index in [1.54, 1.807) is 19.1 Å². The standard InChI is InChI=1S/C20H14F5N3.C3H8/c1-2-16-15(20(23,24)25)7-12(9-27-16)11-3-4-13-14-10-26-6-5-17(14)28(19(21)22)18(13)8-11;1-3-2/h3-10,19H,2H2,1H3;3H2,1-2H3. The Morgan fingerprint density at radius 2 is 1.61 bits per heavy atom. The fraction of sp³-hybridized carbons (Fsp3) is 0.304. The van der Waals surface area contributed by atoms with Crippen molar-refractivity contribution >= 4 is 21.8 Å². The lowest BCUT2D eigenvalue weighted by Gasteiger charge is -2.13. The number of hydrogen-bond acceptors (Lipinski definition) is 2. The molecule has 0 spiro atoms. The van der Waals surface area contributed by atoms with Crippen molar-refractivity contribution in [2.75, 3.05) is 0 Å². The molecule has 0 saturated heterocycles. The van der Waals surface area contributed by atoms with Gasteiger partial charge in [-0.2, -0.15) is 22.0 Å². The van der Waals surface area contributed by atoms with Gasteiger partial charge in [0, 0.05) is 34.9 Å². The lowest BCUT2D eigenvalue weighted by Crippen LogP contribution is -2.10. The van der Waals surface area contributed by atoms with Crippen molar-refractivity contribution in [3.63, 3.8) is 0 Å². The van der Waals surface area contributed by atoms with Gasteiger partial charge in [0.05, 0.1) is 22.3 Å². The Kier molecular flexibility index (Phi) is 6.57. The first-order valence-electron chi connectivity index (χ1n) is 9.95. The van der Waals surface area contributed by atoms with E-state index in [1.165, 1.54) is 37.1 Å². The molecule has 8 heteroatoms. The summed E-state index contributed by atoms with van der Waals surface area (Å²) in [6.45, 7) is 3.04. The average molecular weight is 435 g/mol. The zero-order valence-corrected chi connectivity index (χ0v) is 17.3. The van der Waals surface area contributed by atoms with Crippen molar-refractivity contribution in [2.45, 2.75) is 46.3 Å². The molecule has 0 atom stereocenters. The summed E-state index contributed by atoms with van der Waals surface area (Å²) in [6.07, 6.45) is 1.11. The molecule has 0 radical (unpaired) electrons. The third-order valence-corrected chi connectivity index (χ3v) is 4.74. The number of aryl methyl sites for hydroxylation is 1. The molecule has 164 valence electrons. The summed E-state index contributed by atoms with van der Waals surface area (Å²) in [5.41, 5.74) is 0.272. The maximum Gasteiger partial charge on any atom is 0.418 e. The summed E-state index contributed by atoms with van der Waals surface area (Å²) in [5, 5.41) is 1.11. The van der Waals surface area contributed by atoms with E-state index >= 15 is 0 Å². The predicted molar refractivity (Wildman–Crippen MR) is 112 cm³/mol. The van der Waals surface area contributed by atoms with Crippen LogP contribution in [0.4, 0.5) is 22.0 Å². The van der Waals surface area contributed by atoms with Gasteiger partial charge in [-0.15, -0.1) is 0 Å². The minimum Gasteiger partial charge on any atom is -0.284 e. The van der Waals surface area contributed by atoms with Crippen LogP contribution in [0.1, 0.15) is 45.0 Å². The van der Waals surface area contributed by atoms with E-state index in [9.17, 15) is 22.0 Å². The Morgan fingerprint density at radius 3 is 2.23 bits per heavy atom. The molecular formula is C23H22F5N3. The van der Waals surface area contributed by atoms with Gasteiger partial charge in [-0.05, 0) is 30.2 Å². The highest BCUT2D eigenvalue weighted by Crippen LogP contribution is 2.37. The molecule has 0 unspecified atom stereocenters. The highest BCUT2D eigenvalue weighted by atomic mass is 19.4. The zero-order valence-electron chi connectivity index (χ0n) is 17.3. The minimum absolute atomic E-state index is 0.0508. The molecule has 0 amide bonds. The molecule has 3 aromatic heterocycles. The van der Waals surface area contributed by atoms with E-state index in [0.29, 0.717) is 21.9 Å². The van der Waals surface area contributed by atoms with Gasteiger partial charge in [-0.1, -0.05) is 39.3 Å². The Bertz CT molecular complexity index is 1200. The van der Waals surface area contributed by atoms with Crippen LogP contribution >= 0.6 is 0 Å². The Morgan fingerprint density at radius 1 is 0.903 bits per heavy atom. The van der Waals surface area contributed by atoms with Crippen molar-refractivity contribution < 1.29 is 22.0 Å². The predicted octanol–water partition coefficient (Wildman–Crippen LogP) is 7.64. The van der Waals surface area contributed by atoms with Gasteiger partial charge < -0.3 is 0 Å². The normalized spacial score (nSPS) is 11.8. The molecule has 0 N–H and O–H groups in total. The SMILES string of the molecule is CCC.CCc1ncc(-c2ccc3c4cnccc4n(C(F)F)c3c2)cc1C(F)(F)F. The van der Waals surface area contributed by atoms with Gasteiger partial charge in [-0.3, -0.25) is 14.5 Å². The fourth-order valence-corrected chi connectivity index (χ4v) is 3.46. The topological polar surface area (TPSA) is 30.7 Å². The highest BCUT2D eigenvalue weighted by Gasteiger charge is 2.34. The average Bonchev–Trinajstić information content (AvgIpc) is 3.07. The number of hydrogen-bond donors (Lipinski definition) is 0. The van der Waals surface area contributed by atoms with Gasteiger partial charge in [0.2, 0.25) is 0 Å². The van der Waals surface area contributed by atoms with Gasteiger partial charge in [0.25, 0.3) is 0 Å². The molecule has 1 aromatic carbocycles. The molecule has 4 rings (SSSR count). The number of nitrogens with zero attached hydrogens (tertiary/aromatic N) is 3. The van der Waals surface area contributed by atoms with E-state index in [-0.39, 0.29) is 23.2 Å². The van der Waals surface area contributed by atoms with Gasteiger partial charge in [0.15, 0.2) is 0 Å². The van der Waals surface area contributed by atoms with Crippen molar-refractivity contribution in [1.29, 1.82) is 0 Å². The van der Waals surface area contributed by atoms with E-state index in [1.807, 2.05) is 0 Å². The number of halogens is 5. The van der Waals surface area contributed by atoms with Crippen molar-refractivity contribution in [3.8, 4) is 11.1 Å². The van der Waals surface area contributed by atoms with Crippen LogP contribution in [0.5, 0.6) is 0 Å². The second-order valence-electron chi connectivity index (χ2n) is 7.05. The minimum atomic E-state index is -4.54. The summed E-state index contributed by atoms with van der Waals surface area (Å²) in [7, 11) is 0. The quantitative estimate of drug-likeness (QED) is 0.310. The second-order valence-corrected chi connectivity index (χ2v) is 7.05. The summed E-state index contributed by atoms with van der Waals surface area (Å²) < 4.78 is 68.3. The van der Waals surface area contributed by atoms with Crippen LogP contribution in [0.25, 0.3) is 32.9 Å². The van der Waals surface area contributed by atoms with Crippen LogP contribution in [-0.4, -0.2) is 14.5 Å². The van der Waals surface area contributed by atoms with Crippen LogP contribution in [0.15, 0.2) is 48.9 Å². The number of rotatable bonds is 3. The summed E-state index contributed by atoms with van der Waals surface area (Å²) in [5.74, 6) is 0. The molecular weight excluding hydrogens is 413 g/mol. The van der Waals surface area contributed by atoms with E-state index in [0.717, 1.165) is 10.6 Å². The largest absolute Gasteiger partial charge is 0.418 e. The van der Waals surface area contributed by atoms with Crippen molar-refractivity contribution in [2.24, 2.45) is 0 Å². The lowest BCUT2D eigenvalue weighted by atomic mass is 10.0. The smallest absolute Gasteiger partial charge is 0.284 e. The number of alkyl halides is 5. The number of fused-ring (bicyclic) bond motifs is 3. The highest BCUT2D eigenvalue weighted by molar-refractivity contribution is 6.08. The molecule has 3 nitrogen and oxygen atoms in total. The van der Waals surface area contributed by atoms with Crippen LogP contribution in [0, 0.1) is 0 Å². The van der Waals surface area contributed by atoms with Crippen LogP contribution in [0.2, 0.25) is 0 Å². The summed E-state index contributed by atoms with van der Waals surface area (Å²) in [6, 6.07) is 7.19. The molecule has 4 aromatic rings. The maximum atomic E-state index is 13.7. The Labute approximate surface area is 176 Å². The fourth-order valence-electron chi connectivity index (χ4n) is 3.46.